The van der Waals surface area contributed by atoms with Gasteiger partial charge in [0.25, 0.3) is 0 Å². The molecule has 0 amide bonds. The molecule has 228 valence electrons. The zero-order valence-electron chi connectivity index (χ0n) is 24.7. The molecule has 41 heavy (non-hydrogen) atoms. The van der Waals surface area contributed by atoms with Gasteiger partial charge in [-0.15, -0.1) is 0 Å². The standard InChI is InChI=1S/C34H48F2O4S/c1-31-14-12-25(37)20-23(31)8-10-28-29-11-9-24(32(29,2)15-13-30(28)31)21-27(41(39,40)26-6-4-3-5-7-26)22-33(38)16-18-34(35,36)19-17-33/h3-8,24-25,27-30,37-38H,9-22H2,1-2H3. The Hall–Kier alpha value is -1.31. The average molecular weight is 591 g/mol. The molecule has 0 aliphatic heterocycles. The first kappa shape index (κ1) is 29.7. The van der Waals surface area contributed by atoms with Crippen molar-refractivity contribution >= 4 is 9.84 Å². The lowest BCUT2D eigenvalue weighted by Gasteiger charge is -2.58. The Morgan fingerprint density at radius 2 is 1.63 bits per heavy atom. The summed E-state index contributed by atoms with van der Waals surface area (Å²) >= 11 is 0. The van der Waals surface area contributed by atoms with Gasteiger partial charge in [-0.2, -0.15) is 0 Å². The summed E-state index contributed by atoms with van der Waals surface area (Å²) in [6, 6.07) is 8.50. The van der Waals surface area contributed by atoms with Crippen molar-refractivity contribution < 1.29 is 27.4 Å². The predicted molar refractivity (Wildman–Crippen MR) is 156 cm³/mol. The fourth-order valence-corrected chi connectivity index (χ4v) is 12.2. The average Bonchev–Trinajstić information content (AvgIpc) is 3.27. The molecule has 1 aromatic carbocycles. The topological polar surface area (TPSA) is 74.6 Å². The quantitative estimate of drug-likeness (QED) is 0.337. The molecule has 0 heterocycles. The van der Waals surface area contributed by atoms with Crippen molar-refractivity contribution in [3.05, 3.63) is 42.0 Å². The maximum Gasteiger partial charge on any atom is 0.248 e. The van der Waals surface area contributed by atoms with Crippen molar-refractivity contribution in [3.8, 4) is 0 Å². The Morgan fingerprint density at radius 3 is 2.34 bits per heavy atom. The van der Waals surface area contributed by atoms with E-state index in [1.54, 1.807) is 30.3 Å². The van der Waals surface area contributed by atoms with Crippen LogP contribution in [0.3, 0.4) is 0 Å². The summed E-state index contributed by atoms with van der Waals surface area (Å²) in [5, 5.41) is 21.0. The molecule has 8 unspecified atom stereocenters. The van der Waals surface area contributed by atoms with E-state index in [4.69, 9.17) is 0 Å². The third-order valence-electron chi connectivity index (χ3n) is 12.9. The van der Waals surface area contributed by atoms with Gasteiger partial charge in [-0.05, 0) is 124 Å². The van der Waals surface area contributed by atoms with E-state index in [-0.39, 0.29) is 59.9 Å². The number of alkyl halides is 2. The van der Waals surface area contributed by atoms with E-state index < -0.39 is 26.6 Å². The Balaban J connectivity index is 1.26. The minimum absolute atomic E-state index is 0.0239. The fourth-order valence-electron chi connectivity index (χ4n) is 10.3. The summed E-state index contributed by atoms with van der Waals surface area (Å²) in [5.41, 5.74) is 0.266. The van der Waals surface area contributed by atoms with Gasteiger partial charge in [0.1, 0.15) is 0 Å². The van der Waals surface area contributed by atoms with Crippen molar-refractivity contribution in [2.75, 3.05) is 0 Å². The Kier molecular flexibility index (Phi) is 7.55. The third-order valence-corrected chi connectivity index (χ3v) is 15.0. The van der Waals surface area contributed by atoms with E-state index in [1.807, 2.05) is 0 Å². The first-order chi connectivity index (χ1) is 19.3. The van der Waals surface area contributed by atoms with Gasteiger partial charge in [0.15, 0.2) is 9.84 Å². The Bertz CT molecular complexity index is 1250. The lowest BCUT2D eigenvalue weighted by Crippen LogP contribution is -2.50. The number of sulfone groups is 1. The highest BCUT2D eigenvalue weighted by Gasteiger charge is 2.59. The van der Waals surface area contributed by atoms with Crippen LogP contribution in [0.15, 0.2) is 46.9 Å². The third kappa shape index (κ3) is 5.24. The number of hydrogen-bond donors (Lipinski definition) is 2. The molecule has 7 heteroatoms. The van der Waals surface area contributed by atoms with Gasteiger partial charge in [0.05, 0.1) is 21.9 Å². The van der Waals surface area contributed by atoms with Crippen LogP contribution < -0.4 is 0 Å². The summed E-state index contributed by atoms with van der Waals surface area (Å²) < 4.78 is 56.2. The van der Waals surface area contributed by atoms with E-state index in [9.17, 15) is 27.4 Å². The van der Waals surface area contributed by atoms with Gasteiger partial charge in [-0.3, -0.25) is 0 Å². The van der Waals surface area contributed by atoms with Gasteiger partial charge in [-0.25, -0.2) is 17.2 Å². The van der Waals surface area contributed by atoms with Crippen LogP contribution in [0, 0.1) is 34.5 Å². The number of aliphatic hydroxyl groups excluding tert-OH is 1. The molecule has 6 rings (SSSR count). The summed E-state index contributed by atoms with van der Waals surface area (Å²) in [4.78, 5) is 0.260. The highest BCUT2D eigenvalue weighted by Crippen LogP contribution is 2.67. The van der Waals surface area contributed by atoms with Crippen LogP contribution in [0.5, 0.6) is 0 Å². The largest absolute Gasteiger partial charge is 0.393 e. The molecule has 4 fully saturated rings. The molecule has 0 spiro atoms. The zero-order valence-corrected chi connectivity index (χ0v) is 25.5. The fraction of sp³-hybridized carbons (Fsp3) is 0.765. The lowest BCUT2D eigenvalue weighted by molar-refractivity contribution is -0.107. The summed E-state index contributed by atoms with van der Waals surface area (Å²) in [7, 11) is -3.75. The number of halogens is 2. The maximum atomic E-state index is 14.1. The molecule has 5 aliphatic carbocycles. The normalized spacial score (nSPS) is 40.5. The molecule has 0 radical (unpaired) electrons. The van der Waals surface area contributed by atoms with E-state index in [2.05, 4.69) is 19.9 Å². The van der Waals surface area contributed by atoms with E-state index in [0.717, 1.165) is 51.4 Å². The van der Waals surface area contributed by atoms with E-state index >= 15 is 0 Å². The summed E-state index contributed by atoms with van der Waals surface area (Å²) in [6.45, 7) is 4.81. The van der Waals surface area contributed by atoms with Crippen molar-refractivity contribution in [3.63, 3.8) is 0 Å². The van der Waals surface area contributed by atoms with E-state index in [0.29, 0.717) is 24.2 Å². The van der Waals surface area contributed by atoms with Gasteiger partial charge in [-0.1, -0.05) is 43.7 Å². The number of hydrogen-bond acceptors (Lipinski definition) is 4. The van der Waals surface area contributed by atoms with Crippen LogP contribution in [0.1, 0.15) is 104 Å². The smallest absolute Gasteiger partial charge is 0.248 e. The molecule has 0 aromatic heterocycles. The Labute approximate surface area is 244 Å². The second kappa shape index (κ2) is 10.4. The Morgan fingerprint density at radius 1 is 0.927 bits per heavy atom. The maximum absolute atomic E-state index is 14.1. The summed E-state index contributed by atoms with van der Waals surface area (Å²) in [5.74, 6) is -0.843. The molecule has 4 nitrogen and oxygen atoms in total. The van der Waals surface area contributed by atoms with Crippen LogP contribution in [-0.4, -0.2) is 41.5 Å². The highest BCUT2D eigenvalue weighted by molar-refractivity contribution is 7.92. The van der Waals surface area contributed by atoms with Crippen LogP contribution in [0.2, 0.25) is 0 Å². The number of aliphatic hydroxyl groups is 2. The zero-order chi connectivity index (χ0) is 29.3. The molecule has 4 saturated carbocycles. The van der Waals surface area contributed by atoms with E-state index in [1.165, 1.54) is 5.57 Å². The summed E-state index contributed by atoms with van der Waals surface area (Å²) in [6.07, 6.45) is 9.87. The highest BCUT2D eigenvalue weighted by atomic mass is 32.2. The van der Waals surface area contributed by atoms with Gasteiger partial charge in [0, 0.05) is 12.8 Å². The van der Waals surface area contributed by atoms with Crippen LogP contribution in [0.4, 0.5) is 8.78 Å². The van der Waals surface area contributed by atoms with Gasteiger partial charge in [0.2, 0.25) is 5.92 Å². The first-order valence-electron chi connectivity index (χ1n) is 16.0. The SMILES string of the molecule is CC12CCC(O)CC1=CCC1C2CCC2(C)C(CC(CC3(O)CCC(F)(F)CC3)S(=O)(=O)c3ccccc3)CCC12. The molecule has 8 atom stereocenters. The molecule has 2 N–H and O–H groups in total. The van der Waals surface area contributed by atoms with Gasteiger partial charge >= 0.3 is 0 Å². The number of fused-ring (bicyclic) bond motifs is 5. The van der Waals surface area contributed by atoms with Crippen LogP contribution in [-0.2, 0) is 9.84 Å². The molecular formula is C34H48F2O4S. The first-order valence-corrected chi connectivity index (χ1v) is 17.6. The van der Waals surface area contributed by atoms with Crippen LogP contribution in [0.25, 0.3) is 0 Å². The number of allylic oxidation sites excluding steroid dienone is 1. The molecule has 0 saturated heterocycles. The second-order valence-corrected chi connectivity index (χ2v) is 17.2. The van der Waals surface area contributed by atoms with Crippen molar-refractivity contribution in [1.29, 1.82) is 0 Å². The van der Waals surface area contributed by atoms with Crippen LogP contribution >= 0.6 is 0 Å². The van der Waals surface area contributed by atoms with Crippen molar-refractivity contribution in [2.24, 2.45) is 34.5 Å². The number of rotatable bonds is 6. The molecular weight excluding hydrogens is 542 g/mol. The minimum Gasteiger partial charge on any atom is -0.393 e. The molecule has 0 bridgehead atoms. The second-order valence-electron chi connectivity index (χ2n) is 15.0. The predicted octanol–water partition coefficient (Wildman–Crippen LogP) is 7.49. The molecule has 5 aliphatic rings. The van der Waals surface area contributed by atoms with Crippen molar-refractivity contribution in [1.82, 2.24) is 0 Å². The molecule has 1 aromatic rings. The van der Waals surface area contributed by atoms with Crippen molar-refractivity contribution in [2.45, 2.75) is 132 Å². The van der Waals surface area contributed by atoms with Gasteiger partial charge < -0.3 is 10.2 Å². The number of benzene rings is 1. The minimum atomic E-state index is -3.75. The lowest BCUT2D eigenvalue weighted by atomic mass is 9.47. The monoisotopic (exact) mass is 590 g/mol.